The molecule has 3 N–H and O–H groups in total. The Balaban J connectivity index is 0.00000484. The van der Waals surface area contributed by atoms with Crippen LogP contribution in [0.15, 0.2) is 24.3 Å². The van der Waals surface area contributed by atoms with Gasteiger partial charge < -0.3 is 10.4 Å². The van der Waals surface area contributed by atoms with Crippen molar-refractivity contribution in [1.29, 1.82) is 0 Å². The number of carbonyl (C=O) groups excluding carboxylic acids is 1. The predicted octanol–water partition coefficient (Wildman–Crippen LogP) is 2.66. The number of carboxylic acid groups (broad SMARTS) is 1. The van der Waals surface area contributed by atoms with Crippen LogP contribution in [0.1, 0.15) is 45.2 Å². The van der Waals surface area contributed by atoms with Crippen molar-refractivity contribution in [2.45, 2.75) is 51.7 Å². The monoisotopic (exact) mass is 346 g/mol. The van der Waals surface area contributed by atoms with Gasteiger partial charge in [-0.15, -0.1) is 12.4 Å². The summed E-state index contributed by atoms with van der Waals surface area (Å²) < 4.78 is 12.9. The molecule has 1 aromatic carbocycles. The lowest BCUT2D eigenvalue weighted by Crippen LogP contribution is -2.49. The van der Waals surface area contributed by atoms with Gasteiger partial charge in [0.05, 0.1) is 12.1 Å². The highest BCUT2D eigenvalue weighted by Crippen LogP contribution is 2.13. The van der Waals surface area contributed by atoms with Gasteiger partial charge in [-0.1, -0.05) is 25.5 Å². The van der Waals surface area contributed by atoms with Crippen LogP contribution in [0.5, 0.6) is 0 Å². The van der Waals surface area contributed by atoms with Crippen LogP contribution in [0.3, 0.4) is 0 Å². The maximum absolute atomic E-state index is 12.9. The smallest absolute Gasteiger partial charge is 0.320 e. The van der Waals surface area contributed by atoms with Gasteiger partial charge >= 0.3 is 5.97 Å². The molecular formula is C16H24ClFN2O3. The fraction of sp³-hybridized carbons (Fsp3) is 0.500. The van der Waals surface area contributed by atoms with E-state index in [4.69, 9.17) is 5.11 Å². The SMILES string of the molecule is CCCC(NC(C)C(=O)NC(C)c1ccc(F)cc1)C(=O)O.Cl. The van der Waals surface area contributed by atoms with Gasteiger partial charge in [-0.05, 0) is 38.0 Å². The van der Waals surface area contributed by atoms with Crippen LogP contribution in [-0.4, -0.2) is 29.1 Å². The average molecular weight is 347 g/mol. The molecule has 3 atom stereocenters. The lowest BCUT2D eigenvalue weighted by Gasteiger charge is -2.22. The molecule has 1 amide bonds. The van der Waals surface area contributed by atoms with E-state index in [9.17, 15) is 14.0 Å². The highest BCUT2D eigenvalue weighted by Gasteiger charge is 2.23. The molecule has 0 saturated carbocycles. The number of amides is 1. The molecule has 1 rings (SSSR count). The van der Waals surface area contributed by atoms with Crippen molar-refractivity contribution in [2.75, 3.05) is 0 Å². The van der Waals surface area contributed by atoms with Gasteiger partial charge in [-0.2, -0.15) is 0 Å². The van der Waals surface area contributed by atoms with Crippen LogP contribution < -0.4 is 10.6 Å². The van der Waals surface area contributed by atoms with Gasteiger partial charge in [0.1, 0.15) is 11.9 Å². The van der Waals surface area contributed by atoms with Crippen molar-refractivity contribution in [2.24, 2.45) is 0 Å². The summed E-state index contributed by atoms with van der Waals surface area (Å²) in [6.45, 7) is 5.30. The Labute approximate surface area is 142 Å². The number of hydrogen-bond acceptors (Lipinski definition) is 3. The summed E-state index contributed by atoms with van der Waals surface area (Å²) in [7, 11) is 0. The molecule has 0 aromatic heterocycles. The molecule has 0 aliphatic rings. The Bertz CT molecular complexity index is 511. The minimum Gasteiger partial charge on any atom is -0.480 e. The van der Waals surface area contributed by atoms with Crippen molar-refractivity contribution in [3.63, 3.8) is 0 Å². The lowest BCUT2D eigenvalue weighted by atomic mass is 10.1. The maximum Gasteiger partial charge on any atom is 0.320 e. The first-order chi connectivity index (χ1) is 10.3. The van der Waals surface area contributed by atoms with Gasteiger partial charge in [0, 0.05) is 0 Å². The quantitative estimate of drug-likeness (QED) is 0.676. The second-order valence-electron chi connectivity index (χ2n) is 5.35. The first kappa shape index (κ1) is 21.3. The Hall–Kier alpha value is -1.66. The molecule has 0 bridgehead atoms. The van der Waals surface area contributed by atoms with Crippen LogP contribution in [0.2, 0.25) is 0 Å². The number of carboxylic acids is 1. The summed E-state index contributed by atoms with van der Waals surface area (Å²) in [4.78, 5) is 23.2. The Morgan fingerprint density at radius 1 is 1.22 bits per heavy atom. The number of aliphatic carboxylic acids is 1. The summed E-state index contributed by atoms with van der Waals surface area (Å²) in [5, 5.41) is 14.7. The second-order valence-corrected chi connectivity index (χ2v) is 5.35. The van der Waals surface area contributed by atoms with Gasteiger partial charge in [-0.25, -0.2) is 4.39 Å². The molecule has 0 heterocycles. The van der Waals surface area contributed by atoms with Gasteiger partial charge in [0.15, 0.2) is 0 Å². The van der Waals surface area contributed by atoms with E-state index in [2.05, 4.69) is 10.6 Å². The molecule has 0 saturated heterocycles. The molecule has 0 aliphatic heterocycles. The molecule has 0 fully saturated rings. The van der Waals surface area contributed by atoms with Crippen molar-refractivity contribution in [3.8, 4) is 0 Å². The molecule has 7 heteroatoms. The second kappa shape index (κ2) is 10.2. The number of halogens is 2. The van der Waals surface area contributed by atoms with Crippen LogP contribution in [0.4, 0.5) is 4.39 Å². The third-order valence-electron chi connectivity index (χ3n) is 3.45. The Kier molecular flexibility index (Phi) is 9.44. The maximum atomic E-state index is 12.9. The number of rotatable bonds is 8. The third kappa shape index (κ3) is 6.97. The minimum atomic E-state index is -0.965. The number of nitrogens with one attached hydrogen (secondary N) is 2. The van der Waals surface area contributed by atoms with Crippen molar-refractivity contribution < 1.29 is 19.1 Å². The summed E-state index contributed by atoms with van der Waals surface area (Å²) in [5.41, 5.74) is 0.783. The van der Waals surface area contributed by atoms with E-state index in [1.54, 1.807) is 26.0 Å². The van der Waals surface area contributed by atoms with Crippen molar-refractivity contribution in [1.82, 2.24) is 10.6 Å². The zero-order valence-corrected chi connectivity index (χ0v) is 14.3. The molecule has 1 aromatic rings. The molecule has 5 nitrogen and oxygen atoms in total. The van der Waals surface area contributed by atoms with Crippen LogP contribution in [-0.2, 0) is 9.59 Å². The standard InChI is InChI=1S/C16H23FN2O3.ClH/c1-4-5-14(16(21)22)18-11(3)15(20)19-10(2)12-6-8-13(17)9-7-12;/h6-11,14,18H,4-5H2,1-3H3,(H,19,20)(H,21,22);1H. The summed E-state index contributed by atoms with van der Waals surface area (Å²) in [5.74, 6) is -1.59. The van der Waals surface area contributed by atoms with Crippen LogP contribution in [0, 0.1) is 5.82 Å². The largest absolute Gasteiger partial charge is 0.480 e. The number of carbonyl (C=O) groups is 2. The summed E-state index contributed by atoms with van der Waals surface area (Å²) in [6, 6.07) is 4.22. The fourth-order valence-electron chi connectivity index (χ4n) is 2.12. The fourth-order valence-corrected chi connectivity index (χ4v) is 2.12. The number of hydrogen-bond donors (Lipinski definition) is 3. The molecule has 0 aliphatic carbocycles. The summed E-state index contributed by atoms with van der Waals surface area (Å²) >= 11 is 0. The normalized spacial score (nSPS) is 14.3. The topological polar surface area (TPSA) is 78.4 Å². The highest BCUT2D eigenvalue weighted by atomic mass is 35.5. The summed E-state index contributed by atoms with van der Waals surface area (Å²) in [6.07, 6.45) is 1.17. The molecule has 0 radical (unpaired) electrons. The average Bonchev–Trinajstić information content (AvgIpc) is 2.47. The third-order valence-corrected chi connectivity index (χ3v) is 3.45. The van der Waals surface area contributed by atoms with E-state index >= 15 is 0 Å². The Morgan fingerprint density at radius 2 is 1.78 bits per heavy atom. The molecule has 130 valence electrons. The van der Waals surface area contributed by atoms with Gasteiger partial charge in [0.2, 0.25) is 5.91 Å². The lowest BCUT2D eigenvalue weighted by molar-refractivity contribution is -0.140. The molecule has 0 spiro atoms. The minimum absolute atomic E-state index is 0. The van der Waals surface area contributed by atoms with E-state index in [0.29, 0.717) is 12.8 Å². The first-order valence-electron chi connectivity index (χ1n) is 7.39. The zero-order valence-electron chi connectivity index (χ0n) is 13.5. The number of benzene rings is 1. The van der Waals surface area contributed by atoms with E-state index in [-0.39, 0.29) is 30.2 Å². The highest BCUT2D eigenvalue weighted by molar-refractivity contribution is 5.85. The van der Waals surface area contributed by atoms with Crippen molar-refractivity contribution >= 4 is 24.3 Å². The molecule has 23 heavy (non-hydrogen) atoms. The first-order valence-corrected chi connectivity index (χ1v) is 7.39. The van der Waals surface area contributed by atoms with Gasteiger partial charge in [0.25, 0.3) is 0 Å². The predicted molar refractivity (Wildman–Crippen MR) is 89.1 cm³/mol. The zero-order chi connectivity index (χ0) is 16.7. The van der Waals surface area contributed by atoms with E-state index in [1.165, 1.54) is 12.1 Å². The van der Waals surface area contributed by atoms with Crippen LogP contribution >= 0.6 is 12.4 Å². The van der Waals surface area contributed by atoms with E-state index in [0.717, 1.165) is 5.56 Å². The van der Waals surface area contributed by atoms with Crippen LogP contribution in [0.25, 0.3) is 0 Å². The van der Waals surface area contributed by atoms with E-state index < -0.39 is 18.1 Å². The Morgan fingerprint density at radius 3 is 2.26 bits per heavy atom. The molecular weight excluding hydrogens is 323 g/mol. The molecule has 3 unspecified atom stereocenters. The van der Waals surface area contributed by atoms with Crippen molar-refractivity contribution in [3.05, 3.63) is 35.6 Å². The van der Waals surface area contributed by atoms with E-state index in [1.807, 2.05) is 6.92 Å². The van der Waals surface area contributed by atoms with Gasteiger partial charge in [-0.3, -0.25) is 14.9 Å².